The summed E-state index contributed by atoms with van der Waals surface area (Å²) in [4.78, 5) is 0.935. The Morgan fingerprint density at radius 3 is 2.42 bits per heavy atom. The summed E-state index contributed by atoms with van der Waals surface area (Å²) in [5, 5.41) is 1.98. The maximum absolute atomic E-state index is 13.2. The van der Waals surface area contributed by atoms with Gasteiger partial charge in [0.15, 0.2) is 9.84 Å². The predicted octanol–water partition coefficient (Wildman–Crippen LogP) is 2.85. The van der Waals surface area contributed by atoms with Crippen LogP contribution >= 0.6 is 11.3 Å². The Hall–Kier alpha value is -1.22. The summed E-state index contributed by atoms with van der Waals surface area (Å²) in [6, 6.07) is 7.54. The molecule has 1 aromatic heterocycles. The van der Waals surface area contributed by atoms with Crippen molar-refractivity contribution in [2.45, 2.75) is 35.6 Å². The largest absolute Gasteiger partial charge is 0.244 e. The van der Waals surface area contributed by atoms with E-state index in [9.17, 15) is 16.8 Å². The van der Waals surface area contributed by atoms with Gasteiger partial charge in [0.25, 0.3) is 0 Å². The number of benzene rings is 1. The number of thiophene rings is 1. The molecule has 0 N–H and O–H groups in total. The molecule has 5 nitrogen and oxygen atoms in total. The molecule has 3 rings (SSSR count). The van der Waals surface area contributed by atoms with E-state index >= 15 is 0 Å². The second-order valence-electron chi connectivity index (χ2n) is 5.81. The number of rotatable bonds is 4. The molecule has 1 aromatic carbocycles. The van der Waals surface area contributed by atoms with Gasteiger partial charge in [0, 0.05) is 17.7 Å². The zero-order valence-corrected chi connectivity index (χ0v) is 15.9. The van der Waals surface area contributed by atoms with Gasteiger partial charge in [-0.15, -0.1) is 11.3 Å². The highest BCUT2D eigenvalue weighted by Crippen LogP contribution is 2.39. The first-order chi connectivity index (χ1) is 11.3. The molecule has 0 radical (unpaired) electrons. The molecule has 0 fully saturated rings. The summed E-state index contributed by atoms with van der Waals surface area (Å²) >= 11 is 1.64. The summed E-state index contributed by atoms with van der Waals surface area (Å²) < 4.78 is 51.9. The van der Waals surface area contributed by atoms with Crippen LogP contribution in [0, 0.1) is 0 Å². The van der Waals surface area contributed by atoms with Gasteiger partial charge in [-0.3, -0.25) is 0 Å². The van der Waals surface area contributed by atoms with Crippen molar-refractivity contribution in [1.29, 1.82) is 0 Å². The molecule has 2 aromatic rings. The monoisotopic (exact) mass is 385 g/mol. The number of hydrogen-bond acceptors (Lipinski definition) is 5. The van der Waals surface area contributed by atoms with Gasteiger partial charge >= 0.3 is 0 Å². The SMILES string of the molecule is CCC1c2ccsc2CCN1S(=O)(=O)c1ccccc1S(C)(=O)=O. The fraction of sp³-hybridized carbons (Fsp3) is 0.375. The van der Waals surface area contributed by atoms with E-state index in [2.05, 4.69) is 0 Å². The second kappa shape index (κ2) is 6.25. The zero-order valence-electron chi connectivity index (χ0n) is 13.5. The van der Waals surface area contributed by atoms with Crippen LogP contribution < -0.4 is 0 Å². The molecule has 0 aliphatic carbocycles. The highest BCUT2D eigenvalue weighted by molar-refractivity contribution is 7.93. The molecule has 2 heterocycles. The lowest BCUT2D eigenvalue weighted by Gasteiger charge is -2.34. The van der Waals surface area contributed by atoms with Gasteiger partial charge in [-0.2, -0.15) is 4.31 Å². The molecule has 0 saturated heterocycles. The molecule has 1 aliphatic heterocycles. The van der Waals surface area contributed by atoms with Gasteiger partial charge in [-0.05, 0) is 42.0 Å². The quantitative estimate of drug-likeness (QED) is 0.811. The lowest BCUT2D eigenvalue weighted by molar-refractivity contribution is 0.302. The van der Waals surface area contributed by atoms with Crippen LogP contribution in [0.15, 0.2) is 45.5 Å². The van der Waals surface area contributed by atoms with Crippen molar-refractivity contribution in [3.05, 3.63) is 46.2 Å². The molecule has 0 saturated carbocycles. The first kappa shape index (κ1) is 17.6. The topological polar surface area (TPSA) is 71.5 Å². The van der Waals surface area contributed by atoms with Gasteiger partial charge in [0.1, 0.15) is 4.90 Å². The van der Waals surface area contributed by atoms with E-state index in [4.69, 9.17) is 0 Å². The number of nitrogens with zero attached hydrogens (tertiary/aromatic N) is 1. The fourth-order valence-electron chi connectivity index (χ4n) is 3.18. The Morgan fingerprint density at radius 2 is 1.79 bits per heavy atom. The van der Waals surface area contributed by atoms with E-state index < -0.39 is 19.9 Å². The molecule has 24 heavy (non-hydrogen) atoms. The summed E-state index contributed by atoms with van der Waals surface area (Å²) in [5.41, 5.74) is 1.04. The van der Waals surface area contributed by atoms with Gasteiger partial charge in [0.05, 0.1) is 10.9 Å². The van der Waals surface area contributed by atoms with Crippen molar-refractivity contribution in [2.24, 2.45) is 0 Å². The van der Waals surface area contributed by atoms with E-state index in [0.29, 0.717) is 19.4 Å². The first-order valence-electron chi connectivity index (χ1n) is 7.64. The minimum Gasteiger partial charge on any atom is -0.224 e. The van der Waals surface area contributed by atoms with E-state index in [0.717, 1.165) is 11.8 Å². The van der Waals surface area contributed by atoms with Crippen LogP contribution in [0.1, 0.15) is 29.8 Å². The van der Waals surface area contributed by atoms with Crippen molar-refractivity contribution in [3.63, 3.8) is 0 Å². The maximum atomic E-state index is 13.2. The Balaban J connectivity index is 2.13. The van der Waals surface area contributed by atoms with Gasteiger partial charge in [-0.25, -0.2) is 16.8 Å². The molecular weight excluding hydrogens is 366 g/mol. The molecule has 8 heteroatoms. The number of sulfonamides is 1. The highest BCUT2D eigenvalue weighted by Gasteiger charge is 2.37. The lowest BCUT2D eigenvalue weighted by Crippen LogP contribution is -2.39. The smallest absolute Gasteiger partial charge is 0.224 e. The average Bonchev–Trinajstić information content (AvgIpc) is 3.01. The molecule has 0 bridgehead atoms. The Labute approximate surface area is 146 Å². The van der Waals surface area contributed by atoms with Crippen molar-refractivity contribution >= 4 is 31.2 Å². The number of sulfone groups is 1. The number of hydrogen-bond donors (Lipinski definition) is 0. The van der Waals surface area contributed by atoms with Crippen LogP contribution in [0.25, 0.3) is 0 Å². The molecule has 1 atom stereocenters. The number of fused-ring (bicyclic) bond motifs is 1. The molecule has 0 spiro atoms. The van der Waals surface area contributed by atoms with E-state index in [1.54, 1.807) is 23.5 Å². The molecule has 130 valence electrons. The van der Waals surface area contributed by atoms with Crippen LogP contribution in [0.2, 0.25) is 0 Å². The third-order valence-electron chi connectivity index (χ3n) is 4.27. The Morgan fingerprint density at radius 1 is 1.12 bits per heavy atom. The van der Waals surface area contributed by atoms with Crippen LogP contribution in [0.4, 0.5) is 0 Å². The van der Waals surface area contributed by atoms with Crippen molar-refractivity contribution in [3.8, 4) is 0 Å². The predicted molar refractivity (Wildman–Crippen MR) is 94.5 cm³/mol. The lowest BCUT2D eigenvalue weighted by atomic mass is 10.0. The van der Waals surface area contributed by atoms with E-state index in [1.807, 2.05) is 18.4 Å². The Kier molecular flexibility index (Phi) is 4.59. The third-order valence-corrected chi connectivity index (χ3v) is 8.51. The molecular formula is C16H19NO4S3. The van der Waals surface area contributed by atoms with Crippen LogP contribution in [-0.4, -0.2) is 33.9 Å². The van der Waals surface area contributed by atoms with Gasteiger partial charge in [-0.1, -0.05) is 19.1 Å². The van der Waals surface area contributed by atoms with E-state index in [1.165, 1.54) is 21.3 Å². The normalized spacial score (nSPS) is 19.2. The average molecular weight is 386 g/mol. The maximum Gasteiger partial charge on any atom is 0.244 e. The van der Waals surface area contributed by atoms with E-state index in [-0.39, 0.29) is 15.8 Å². The summed E-state index contributed by atoms with van der Waals surface area (Å²) in [6.45, 7) is 2.31. The molecule has 1 unspecified atom stereocenters. The van der Waals surface area contributed by atoms with Crippen LogP contribution in [0.3, 0.4) is 0 Å². The minimum atomic E-state index is -3.90. The van der Waals surface area contributed by atoms with Crippen LogP contribution in [0.5, 0.6) is 0 Å². The Bertz CT molecular complexity index is 961. The first-order valence-corrected chi connectivity index (χ1v) is 11.8. The van der Waals surface area contributed by atoms with Crippen molar-refractivity contribution in [1.82, 2.24) is 4.31 Å². The summed E-state index contributed by atoms with van der Waals surface area (Å²) in [7, 11) is -7.53. The third kappa shape index (κ3) is 2.92. The zero-order chi connectivity index (χ0) is 17.5. The highest BCUT2D eigenvalue weighted by atomic mass is 32.2. The molecule has 1 aliphatic rings. The molecule has 0 amide bonds. The van der Waals surface area contributed by atoms with Gasteiger partial charge in [0.2, 0.25) is 10.0 Å². The van der Waals surface area contributed by atoms with Crippen LogP contribution in [-0.2, 0) is 26.3 Å². The van der Waals surface area contributed by atoms with Crippen molar-refractivity contribution in [2.75, 3.05) is 12.8 Å². The summed E-state index contributed by atoms with van der Waals surface area (Å²) in [6.07, 6.45) is 2.33. The summed E-state index contributed by atoms with van der Waals surface area (Å²) in [5.74, 6) is 0. The van der Waals surface area contributed by atoms with Gasteiger partial charge < -0.3 is 0 Å². The minimum absolute atomic E-state index is 0.135. The standard InChI is InChI=1S/C16H19NO4S3/c1-3-13-12-9-11-22-14(12)8-10-17(13)24(20,21)16-7-5-4-6-15(16)23(2,18)19/h4-7,9,11,13H,3,8,10H2,1-2H3. The second-order valence-corrected chi connectivity index (χ2v) is 10.7. The fourth-order valence-corrected chi connectivity index (χ4v) is 7.39. The van der Waals surface area contributed by atoms with Crippen molar-refractivity contribution < 1.29 is 16.8 Å².